The fraction of sp³-hybridized carbons (Fsp3) is 0.600. The first-order valence-corrected chi connectivity index (χ1v) is 7.09. The van der Waals surface area contributed by atoms with Gasteiger partial charge in [0.15, 0.2) is 0 Å². The van der Waals surface area contributed by atoms with Crippen LogP contribution < -0.4 is 15.8 Å². The van der Waals surface area contributed by atoms with Gasteiger partial charge < -0.3 is 20.5 Å². The molecule has 0 bridgehead atoms. The Bertz CT molecular complexity index is 507. The van der Waals surface area contributed by atoms with E-state index in [9.17, 15) is 4.79 Å². The molecule has 1 fully saturated rings. The minimum Gasteiger partial charge on any atom is -0.491 e. The van der Waals surface area contributed by atoms with Gasteiger partial charge in [0.2, 0.25) is 0 Å². The highest BCUT2D eigenvalue weighted by Crippen LogP contribution is 2.45. The second-order valence-corrected chi connectivity index (χ2v) is 6.56. The highest BCUT2D eigenvalue weighted by atomic mass is 16.6. The van der Waals surface area contributed by atoms with Crippen LogP contribution in [-0.2, 0) is 4.74 Å². The molecule has 0 atom stereocenters. The van der Waals surface area contributed by atoms with E-state index in [1.54, 1.807) is 18.5 Å². The molecule has 1 heterocycles. The van der Waals surface area contributed by atoms with Crippen molar-refractivity contribution in [2.45, 2.75) is 39.2 Å². The zero-order valence-electron chi connectivity index (χ0n) is 12.8. The third-order valence-electron chi connectivity index (χ3n) is 3.31. The van der Waals surface area contributed by atoms with E-state index in [1.165, 1.54) is 0 Å². The first-order valence-electron chi connectivity index (χ1n) is 7.09. The normalized spacial score (nSPS) is 16.1. The summed E-state index contributed by atoms with van der Waals surface area (Å²) in [6.07, 6.45) is 4.86. The van der Waals surface area contributed by atoms with Gasteiger partial charge in [0, 0.05) is 24.2 Å². The Morgan fingerprint density at radius 1 is 1.48 bits per heavy atom. The molecule has 6 nitrogen and oxygen atoms in total. The second-order valence-electron chi connectivity index (χ2n) is 6.56. The molecule has 116 valence electrons. The Labute approximate surface area is 125 Å². The van der Waals surface area contributed by atoms with E-state index in [0.717, 1.165) is 12.8 Å². The number of hydrogen-bond acceptors (Lipinski definition) is 5. The van der Waals surface area contributed by atoms with Crippen molar-refractivity contribution in [3.8, 4) is 5.75 Å². The molecule has 0 unspecified atom stereocenters. The number of carbonyl (C=O) groups is 1. The lowest BCUT2D eigenvalue weighted by Gasteiger charge is -2.22. The Balaban J connectivity index is 1.79. The minimum absolute atomic E-state index is 0.00733. The third kappa shape index (κ3) is 4.81. The number of nitrogens with two attached hydrogens (primary N) is 1. The maximum Gasteiger partial charge on any atom is 0.407 e. The monoisotopic (exact) mass is 293 g/mol. The summed E-state index contributed by atoms with van der Waals surface area (Å²) >= 11 is 0. The average molecular weight is 293 g/mol. The first-order chi connectivity index (χ1) is 9.80. The smallest absolute Gasteiger partial charge is 0.407 e. The highest BCUT2D eigenvalue weighted by molar-refractivity contribution is 5.67. The maximum atomic E-state index is 11.7. The number of aromatic nitrogens is 1. The van der Waals surface area contributed by atoms with Crippen LogP contribution in [0.3, 0.4) is 0 Å². The van der Waals surface area contributed by atoms with E-state index >= 15 is 0 Å². The Hall–Kier alpha value is -1.98. The van der Waals surface area contributed by atoms with Gasteiger partial charge in [-0.2, -0.15) is 0 Å². The van der Waals surface area contributed by atoms with Crippen molar-refractivity contribution in [2.75, 3.05) is 18.9 Å². The van der Waals surface area contributed by atoms with E-state index in [1.807, 2.05) is 20.8 Å². The molecule has 1 saturated carbocycles. The van der Waals surface area contributed by atoms with Crippen LogP contribution in [0.1, 0.15) is 33.6 Å². The number of carbonyl (C=O) groups excluding carboxylic acids is 1. The van der Waals surface area contributed by atoms with Crippen LogP contribution in [0.4, 0.5) is 10.5 Å². The van der Waals surface area contributed by atoms with E-state index < -0.39 is 11.7 Å². The van der Waals surface area contributed by atoms with Gasteiger partial charge in [0.05, 0.1) is 18.5 Å². The Morgan fingerprint density at radius 3 is 2.76 bits per heavy atom. The summed E-state index contributed by atoms with van der Waals surface area (Å²) in [4.78, 5) is 15.6. The first kappa shape index (κ1) is 15.4. The molecule has 1 amide bonds. The van der Waals surface area contributed by atoms with Crippen molar-refractivity contribution in [3.05, 3.63) is 18.5 Å². The average Bonchev–Trinajstić information content (AvgIpc) is 3.14. The lowest BCUT2D eigenvalue weighted by Crippen LogP contribution is -2.37. The van der Waals surface area contributed by atoms with Crippen molar-refractivity contribution in [1.29, 1.82) is 0 Å². The summed E-state index contributed by atoms with van der Waals surface area (Å²) in [6.45, 7) is 6.60. The third-order valence-corrected chi connectivity index (χ3v) is 3.31. The van der Waals surface area contributed by atoms with Crippen molar-refractivity contribution in [1.82, 2.24) is 10.3 Å². The minimum atomic E-state index is -0.483. The molecule has 0 spiro atoms. The van der Waals surface area contributed by atoms with Crippen molar-refractivity contribution in [2.24, 2.45) is 5.41 Å². The van der Waals surface area contributed by atoms with E-state index in [-0.39, 0.29) is 5.41 Å². The highest BCUT2D eigenvalue weighted by Gasteiger charge is 2.44. The zero-order valence-corrected chi connectivity index (χ0v) is 12.8. The quantitative estimate of drug-likeness (QED) is 0.870. The zero-order chi connectivity index (χ0) is 15.5. The van der Waals surface area contributed by atoms with Crippen LogP contribution in [0.2, 0.25) is 0 Å². The lowest BCUT2D eigenvalue weighted by atomic mass is 10.1. The van der Waals surface area contributed by atoms with Crippen LogP contribution in [-0.4, -0.2) is 29.8 Å². The van der Waals surface area contributed by atoms with Gasteiger partial charge >= 0.3 is 6.09 Å². The van der Waals surface area contributed by atoms with Crippen LogP contribution in [0.25, 0.3) is 0 Å². The second kappa shape index (κ2) is 5.79. The standard InChI is InChI=1S/C15H23N3O3/c1-14(2,3)21-13(19)18-9-15(5-6-15)10-20-12-4-7-17-8-11(12)16/h4,7-8H,5-6,9-10,16H2,1-3H3,(H,18,19). The molecule has 1 aromatic heterocycles. The van der Waals surface area contributed by atoms with Crippen molar-refractivity contribution < 1.29 is 14.3 Å². The Morgan fingerprint density at radius 2 is 2.19 bits per heavy atom. The summed E-state index contributed by atoms with van der Waals surface area (Å²) < 4.78 is 11.0. The number of hydrogen-bond donors (Lipinski definition) is 2. The Kier molecular flexibility index (Phi) is 4.25. The number of nitrogen functional groups attached to an aromatic ring is 1. The summed E-state index contributed by atoms with van der Waals surface area (Å²) in [5, 5.41) is 2.81. The van der Waals surface area contributed by atoms with Crippen molar-refractivity contribution >= 4 is 11.8 Å². The number of ether oxygens (including phenoxy) is 2. The summed E-state index contributed by atoms with van der Waals surface area (Å²) in [6, 6.07) is 1.74. The molecular weight excluding hydrogens is 270 g/mol. The molecule has 1 aromatic rings. The van der Waals surface area contributed by atoms with Gasteiger partial charge in [0.1, 0.15) is 11.4 Å². The summed E-state index contributed by atoms with van der Waals surface area (Å²) in [7, 11) is 0. The number of nitrogens with zero attached hydrogens (tertiary/aromatic N) is 1. The summed E-state index contributed by atoms with van der Waals surface area (Å²) in [5.74, 6) is 0.633. The maximum absolute atomic E-state index is 11.7. The van der Waals surface area contributed by atoms with Gasteiger partial charge in [-0.3, -0.25) is 4.98 Å². The van der Waals surface area contributed by atoms with Gasteiger partial charge in [0.25, 0.3) is 0 Å². The number of nitrogens with one attached hydrogen (secondary N) is 1. The largest absolute Gasteiger partial charge is 0.491 e. The molecule has 3 N–H and O–H groups in total. The molecule has 6 heteroatoms. The molecule has 2 rings (SSSR count). The van der Waals surface area contributed by atoms with Crippen LogP contribution in [0.5, 0.6) is 5.75 Å². The molecule has 21 heavy (non-hydrogen) atoms. The molecule has 1 aliphatic carbocycles. The van der Waals surface area contributed by atoms with Gasteiger partial charge in [-0.15, -0.1) is 0 Å². The molecule has 0 saturated heterocycles. The number of alkyl carbamates (subject to hydrolysis) is 1. The predicted octanol–water partition coefficient (Wildman–Crippen LogP) is 2.35. The van der Waals surface area contributed by atoms with Gasteiger partial charge in [-0.1, -0.05) is 0 Å². The van der Waals surface area contributed by atoms with Gasteiger partial charge in [-0.05, 0) is 33.6 Å². The number of pyridine rings is 1. The number of rotatable bonds is 5. The number of anilines is 1. The SMILES string of the molecule is CC(C)(C)OC(=O)NCC1(COc2ccncc2N)CC1. The van der Waals surface area contributed by atoms with Crippen LogP contribution >= 0.6 is 0 Å². The lowest BCUT2D eigenvalue weighted by molar-refractivity contribution is 0.0509. The summed E-state index contributed by atoms with van der Waals surface area (Å²) in [5.41, 5.74) is 5.82. The van der Waals surface area contributed by atoms with E-state index in [0.29, 0.717) is 24.6 Å². The number of amides is 1. The topological polar surface area (TPSA) is 86.5 Å². The molecular formula is C15H23N3O3. The van der Waals surface area contributed by atoms with Crippen LogP contribution in [0, 0.1) is 5.41 Å². The fourth-order valence-corrected chi connectivity index (χ4v) is 1.88. The molecule has 0 aromatic carbocycles. The van der Waals surface area contributed by atoms with Crippen LogP contribution in [0.15, 0.2) is 18.5 Å². The molecule has 0 radical (unpaired) electrons. The van der Waals surface area contributed by atoms with Crippen molar-refractivity contribution in [3.63, 3.8) is 0 Å². The molecule has 0 aliphatic heterocycles. The predicted molar refractivity (Wildman–Crippen MR) is 80.0 cm³/mol. The van der Waals surface area contributed by atoms with Gasteiger partial charge in [-0.25, -0.2) is 4.79 Å². The van der Waals surface area contributed by atoms with E-state index in [2.05, 4.69) is 10.3 Å². The fourth-order valence-electron chi connectivity index (χ4n) is 1.88. The van der Waals surface area contributed by atoms with E-state index in [4.69, 9.17) is 15.2 Å². The molecule has 1 aliphatic rings.